The number of methoxy groups -OCH3 is 2. The van der Waals surface area contributed by atoms with Gasteiger partial charge < -0.3 is 14.8 Å². The summed E-state index contributed by atoms with van der Waals surface area (Å²) in [6, 6.07) is 26.4. The topological polar surface area (TPSA) is 111 Å². The number of hydrogen-bond donors (Lipinski definition) is 1. The molecule has 1 unspecified atom stereocenters. The molecule has 0 spiro atoms. The Morgan fingerprint density at radius 1 is 0.957 bits per heavy atom. The summed E-state index contributed by atoms with van der Waals surface area (Å²) in [5, 5.41) is 20.7. The lowest BCUT2D eigenvalue weighted by atomic mass is 10.00. The normalized spacial score (nSPS) is 14.2. The van der Waals surface area contributed by atoms with Crippen LogP contribution in [0.15, 0.2) is 101 Å². The highest BCUT2D eigenvalue weighted by Crippen LogP contribution is 2.35. The van der Waals surface area contributed by atoms with Gasteiger partial charge in [0.1, 0.15) is 11.5 Å². The third-order valence-electron chi connectivity index (χ3n) is 7.54. The van der Waals surface area contributed by atoms with Crippen molar-refractivity contribution in [1.29, 1.82) is 0 Å². The molecule has 1 atom stereocenters. The van der Waals surface area contributed by atoms with Crippen molar-refractivity contribution < 1.29 is 19.1 Å². The maximum absolute atomic E-state index is 13.8. The predicted molar refractivity (Wildman–Crippen MR) is 179 cm³/mol. The maximum atomic E-state index is 13.8. The summed E-state index contributed by atoms with van der Waals surface area (Å²) in [4.78, 5) is 27.8. The Morgan fingerprint density at radius 2 is 1.74 bits per heavy atom. The number of benzene rings is 3. The van der Waals surface area contributed by atoms with Crippen molar-refractivity contribution in [2.45, 2.75) is 31.1 Å². The molecule has 12 heteroatoms. The van der Waals surface area contributed by atoms with E-state index in [1.807, 2.05) is 53.3 Å². The van der Waals surface area contributed by atoms with E-state index in [1.54, 1.807) is 54.8 Å². The van der Waals surface area contributed by atoms with E-state index < -0.39 is 0 Å². The molecule has 234 valence electrons. The fourth-order valence-electron chi connectivity index (χ4n) is 5.14. The number of thiophene rings is 1. The van der Waals surface area contributed by atoms with Crippen molar-refractivity contribution in [3.05, 3.63) is 118 Å². The summed E-state index contributed by atoms with van der Waals surface area (Å²) in [7, 11) is 3.17. The second-order valence-electron chi connectivity index (χ2n) is 10.5. The lowest BCUT2D eigenvalue weighted by Gasteiger charge is -2.22. The first kappa shape index (κ1) is 31.1. The third kappa shape index (κ3) is 6.68. The molecule has 1 aliphatic rings. The standard InChI is InChI=1S/C34H32N6O4S2/c1-22-10-12-23(13-11-22)28-19-26(30-9-6-18-45-30)38-40(28)32(41)21-46-34-37-36-31(39(34)27-7-4-5-8-29(27)44-3)20-35-33(42)24-14-16-25(43-2)17-15-24/h4-18,28H,19-21H2,1-3H3,(H,35,42). The molecule has 1 aliphatic heterocycles. The Kier molecular flexibility index (Phi) is 9.46. The number of hydrogen-bond acceptors (Lipinski definition) is 9. The van der Waals surface area contributed by atoms with Crippen molar-refractivity contribution in [1.82, 2.24) is 25.1 Å². The molecule has 2 amide bonds. The number of ether oxygens (including phenoxy) is 2. The van der Waals surface area contributed by atoms with E-state index >= 15 is 0 Å². The van der Waals surface area contributed by atoms with Gasteiger partial charge in [0.15, 0.2) is 11.0 Å². The lowest BCUT2D eigenvalue weighted by Crippen LogP contribution is -2.28. The minimum absolute atomic E-state index is 0.0784. The van der Waals surface area contributed by atoms with Crippen molar-refractivity contribution >= 4 is 40.6 Å². The molecule has 2 aromatic heterocycles. The first-order valence-electron chi connectivity index (χ1n) is 14.6. The molecular formula is C34H32N6O4S2. The van der Waals surface area contributed by atoms with Crippen LogP contribution in [0, 0.1) is 6.92 Å². The number of thioether (sulfide) groups is 1. The Hall–Kier alpha value is -4.94. The molecule has 3 aromatic carbocycles. The number of carbonyl (C=O) groups is 2. The Morgan fingerprint density at radius 3 is 2.46 bits per heavy atom. The van der Waals surface area contributed by atoms with Crippen LogP contribution >= 0.6 is 23.1 Å². The third-order valence-corrected chi connectivity index (χ3v) is 9.38. The van der Waals surface area contributed by atoms with E-state index in [0.29, 0.717) is 40.2 Å². The summed E-state index contributed by atoms with van der Waals surface area (Å²) in [6.45, 7) is 2.14. The monoisotopic (exact) mass is 652 g/mol. The van der Waals surface area contributed by atoms with Gasteiger partial charge in [-0.25, -0.2) is 5.01 Å². The molecule has 6 rings (SSSR count). The van der Waals surface area contributed by atoms with Crippen LogP contribution in [0.2, 0.25) is 0 Å². The first-order chi connectivity index (χ1) is 22.4. The Bertz CT molecular complexity index is 1850. The summed E-state index contributed by atoms with van der Waals surface area (Å²) < 4.78 is 12.7. The second-order valence-corrected chi connectivity index (χ2v) is 12.4. The molecule has 1 N–H and O–H groups in total. The first-order valence-corrected chi connectivity index (χ1v) is 16.4. The number of nitrogens with zero attached hydrogens (tertiary/aromatic N) is 5. The van der Waals surface area contributed by atoms with E-state index in [-0.39, 0.29) is 30.2 Å². The predicted octanol–water partition coefficient (Wildman–Crippen LogP) is 6.05. The van der Waals surface area contributed by atoms with Crippen LogP contribution < -0.4 is 14.8 Å². The van der Waals surface area contributed by atoms with Crippen LogP contribution in [0.1, 0.15) is 44.6 Å². The van der Waals surface area contributed by atoms with Crippen molar-refractivity contribution in [3.63, 3.8) is 0 Å². The van der Waals surface area contributed by atoms with Crippen LogP contribution in [0.5, 0.6) is 11.5 Å². The fraction of sp³-hybridized carbons (Fsp3) is 0.206. The molecule has 0 aliphatic carbocycles. The van der Waals surface area contributed by atoms with Gasteiger partial charge in [0.25, 0.3) is 11.8 Å². The highest BCUT2D eigenvalue weighted by Gasteiger charge is 2.33. The lowest BCUT2D eigenvalue weighted by molar-refractivity contribution is -0.130. The van der Waals surface area contributed by atoms with Crippen LogP contribution in [0.4, 0.5) is 0 Å². The van der Waals surface area contributed by atoms with Crippen LogP contribution in [-0.4, -0.2) is 57.3 Å². The summed E-state index contributed by atoms with van der Waals surface area (Å²) in [6.07, 6.45) is 0.634. The van der Waals surface area contributed by atoms with Gasteiger partial charge in [0.2, 0.25) is 0 Å². The van der Waals surface area contributed by atoms with Gasteiger partial charge >= 0.3 is 0 Å². The Labute approximate surface area is 275 Å². The van der Waals surface area contributed by atoms with Gasteiger partial charge in [-0.15, -0.1) is 21.5 Å². The molecule has 5 aromatic rings. The zero-order valence-corrected chi connectivity index (χ0v) is 27.2. The number of aryl methyl sites for hydroxylation is 1. The zero-order valence-electron chi connectivity index (χ0n) is 25.5. The summed E-state index contributed by atoms with van der Waals surface area (Å²) in [5.41, 5.74) is 4.26. The number of aromatic nitrogens is 3. The number of amides is 2. The molecule has 0 bridgehead atoms. The SMILES string of the molecule is COc1ccc(C(=O)NCc2nnc(SCC(=O)N3N=C(c4cccs4)CC3c3ccc(C)cc3)n2-c2ccccc2OC)cc1. The van der Waals surface area contributed by atoms with E-state index in [9.17, 15) is 9.59 Å². The molecule has 3 heterocycles. The molecular weight excluding hydrogens is 621 g/mol. The highest BCUT2D eigenvalue weighted by atomic mass is 32.2. The van der Waals surface area contributed by atoms with E-state index in [4.69, 9.17) is 14.6 Å². The minimum atomic E-state index is -0.266. The van der Waals surface area contributed by atoms with E-state index in [0.717, 1.165) is 21.7 Å². The van der Waals surface area contributed by atoms with Gasteiger partial charge in [-0.2, -0.15) is 5.10 Å². The minimum Gasteiger partial charge on any atom is -0.497 e. The van der Waals surface area contributed by atoms with Crippen LogP contribution in [-0.2, 0) is 11.3 Å². The number of nitrogens with one attached hydrogen (secondary N) is 1. The molecule has 0 saturated heterocycles. The van der Waals surface area contributed by atoms with Gasteiger partial charge in [0.05, 0.1) is 48.8 Å². The van der Waals surface area contributed by atoms with Gasteiger partial charge in [-0.3, -0.25) is 14.2 Å². The quantitative estimate of drug-likeness (QED) is 0.173. The van der Waals surface area contributed by atoms with Gasteiger partial charge in [-0.1, -0.05) is 59.8 Å². The number of para-hydroxylation sites is 2. The molecule has 46 heavy (non-hydrogen) atoms. The second kappa shape index (κ2) is 14.0. The highest BCUT2D eigenvalue weighted by molar-refractivity contribution is 7.99. The smallest absolute Gasteiger partial charge is 0.253 e. The fourth-order valence-corrected chi connectivity index (χ4v) is 6.68. The van der Waals surface area contributed by atoms with Crippen molar-refractivity contribution in [3.8, 4) is 17.2 Å². The Balaban J connectivity index is 1.24. The molecule has 0 fully saturated rings. The number of rotatable bonds is 11. The summed E-state index contributed by atoms with van der Waals surface area (Å²) >= 11 is 2.87. The average molecular weight is 653 g/mol. The largest absolute Gasteiger partial charge is 0.497 e. The van der Waals surface area contributed by atoms with Crippen molar-refractivity contribution in [2.75, 3.05) is 20.0 Å². The molecule has 0 radical (unpaired) electrons. The number of carbonyl (C=O) groups excluding carboxylic acids is 2. The molecule has 0 saturated carbocycles. The average Bonchev–Trinajstić information content (AvgIpc) is 3.87. The van der Waals surface area contributed by atoms with Gasteiger partial charge in [-0.05, 0) is 60.3 Å². The van der Waals surface area contributed by atoms with E-state index in [2.05, 4.69) is 39.8 Å². The summed E-state index contributed by atoms with van der Waals surface area (Å²) in [5.74, 6) is 1.41. The van der Waals surface area contributed by atoms with Crippen LogP contribution in [0.3, 0.4) is 0 Å². The van der Waals surface area contributed by atoms with Crippen molar-refractivity contribution in [2.24, 2.45) is 5.10 Å². The molecule has 10 nitrogen and oxygen atoms in total. The zero-order chi connectivity index (χ0) is 32.0. The number of hydrazone groups is 1. The maximum Gasteiger partial charge on any atom is 0.253 e. The van der Waals surface area contributed by atoms with Crippen LogP contribution in [0.25, 0.3) is 5.69 Å². The van der Waals surface area contributed by atoms with E-state index in [1.165, 1.54) is 11.8 Å². The van der Waals surface area contributed by atoms with Gasteiger partial charge in [0, 0.05) is 12.0 Å².